The normalized spacial score (nSPS) is 15.2. The average molecular weight is 720 g/mol. The van der Waals surface area contributed by atoms with Crippen LogP contribution in [-0.2, 0) is 18.9 Å². The molecule has 4 amide bonds. The molecular weight excluding hydrogens is 683 g/mol. The van der Waals surface area contributed by atoms with Crippen molar-refractivity contribution in [3.63, 3.8) is 0 Å². The summed E-state index contributed by atoms with van der Waals surface area (Å²) < 4.78 is 9.19. The minimum Gasteiger partial charge on any atom is -0.491 e. The van der Waals surface area contributed by atoms with Crippen LogP contribution >= 0.6 is 0 Å². The topological polar surface area (TPSA) is 140 Å². The third kappa shape index (κ3) is 6.13. The second-order valence-corrected chi connectivity index (χ2v) is 13.9. The van der Waals surface area contributed by atoms with Gasteiger partial charge in [-0.25, -0.2) is 9.59 Å². The third-order valence-corrected chi connectivity index (χ3v) is 10.2. The molecule has 12 heteroatoms. The molecule has 0 spiro atoms. The first kappa shape index (κ1) is 34.4. The highest BCUT2D eigenvalue weighted by Gasteiger charge is 2.35. The number of aromatic nitrogens is 4. The maximum Gasteiger partial charge on any atom is 0.328 e. The van der Waals surface area contributed by atoms with E-state index in [0.717, 1.165) is 55.3 Å². The Balaban J connectivity index is 0.955. The zero-order valence-corrected chi connectivity index (χ0v) is 30.3. The lowest BCUT2D eigenvalue weighted by atomic mass is 9.93. The number of nitrogens with zero attached hydrogens (tertiary/aromatic N) is 5. The number of hydrogen-bond acceptors (Lipinski definition) is 7. The van der Waals surface area contributed by atoms with Gasteiger partial charge >= 0.3 is 11.7 Å². The predicted molar refractivity (Wildman–Crippen MR) is 205 cm³/mol. The fraction of sp³-hybridized carbons (Fsp3) is 0.238. The monoisotopic (exact) mass is 719 g/mol. The number of imidazole rings is 1. The van der Waals surface area contributed by atoms with E-state index in [0.29, 0.717) is 24.5 Å². The SMILES string of the molecule is CC(C)c1cc(-c2cccc3cc(-c4ccc(C(=O)NCC#Cc5ccc6c(c5)C(N5CCC(=O)NC5=O)CO6)nc4)ncc23)cc2c1n(C)c(=O)n2C. The Morgan fingerprint density at radius 1 is 0.981 bits per heavy atom. The number of ether oxygens (including phenoxy) is 1. The van der Waals surface area contributed by atoms with Crippen molar-refractivity contribution in [2.75, 3.05) is 19.7 Å². The van der Waals surface area contributed by atoms with E-state index < -0.39 is 6.03 Å². The average Bonchev–Trinajstić information content (AvgIpc) is 3.69. The Hall–Kier alpha value is -6.74. The molecule has 5 heterocycles. The number of rotatable bonds is 6. The molecular formula is C42H37N7O5. The molecule has 0 radical (unpaired) electrons. The molecule has 1 unspecified atom stereocenters. The standard InChI is InChI=1S/C42H37N7O5/c1-24(2)30-18-28(20-35-39(30)48(4)42(53)47(35)3)29-9-5-8-26-19-34(45-22-32(26)29)27-11-12-33(44-21-27)40(51)43-15-6-7-25-10-13-37-31(17-25)36(23-54-37)49-16-14-38(50)46-41(49)52/h5,8-13,17-22,24,36H,14-16,23H2,1-4H3,(H,43,51)(H,46,50,52). The second kappa shape index (κ2) is 13.7. The fourth-order valence-electron chi connectivity index (χ4n) is 7.31. The maximum atomic E-state index is 12.9. The van der Waals surface area contributed by atoms with Gasteiger partial charge in [-0.3, -0.25) is 34.0 Å². The molecule has 1 saturated heterocycles. The molecule has 3 aromatic carbocycles. The van der Waals surface area contributed by atoms with E-state index in [1.54, 1.807) is 33.3 Å². The van der Waals surface area contributed by atoms with Gasteiger partial charge < -0.3 is 15.0 Å². The van der Waals surface area contributed by atoms with Crippen LogP contribution in [0, 0.1) is 11.8 Å². The highest BCUT2D eigenvalue weighted by molar-refractivity contribution is 6.00. The third-order valence-electron chi connectivity index (χ3n) is 10.2. The van der Waals surface area contributed by atoms with Crippen molar-refractivity contribution in [2.24, 2.45) is 14.1 Å². The number of pyridine rings is 2. The molecule has 54 heavy (non-hydrogen) atoms. The first-order valence-electron chi connectivity index (χ1n) is 17.8. The molecule has 2 N–H and O–H groups in total. The van der Waals surface area contributed by atoms with Crippen LogP contribution in [0.5, 0.6) is 5.75 Å². The molecule has 3 aromatic heterocycles. The van der Waals surface area contributed by atoms with Crippen LogP contribution in [-0.4, -0.2) is 61.5 Å². The van der Waals surface area contributed by atoms with Crippen molar-refractivity contribution in [3.8, 4) is 40.0 Å². The summed E-state index contributed by atoms with van der Waals surface area (Å²) in [6, 6.07) is 20.7. The molecule has 12 nitrogen and oxygen atoms in total. The van der Waals surface area contributed by atoms with Crippen LogP contribution in [0.4, 0.5) is 4.79 Å². The van der Waals surface area contributed by atoms with Crippen LogP contribution in [0.25, 0.3) is 44.2 Å². The zero-order chi connectivity index (χ0) is 37.7. The summed E-state index contributed by atoms with van der Waals surface area (Å²) in [6.45, 7) is 5.02. The van der Waals surface area contributed by atoms with Gasteiger partial charge in [-0.1, -0.05) is 43.9 Å². The van der Waals surface area contributed by atoms with E-state index in [4.69, 9.17) is 9.72 Å². The van der Waals surface area contributed by atoms with Crippen LogP contribution < -0.4 is 21.1 Å². The minimum atomic E-state index is -0.426. The summed E-state index contributed by atoms with van der Waals surface area (Å²) in [5.41, 5.74) is 8.26. The number of aryl methyl sites for hydroxylation is 2. The molecule has 2 aliphatic rings. The Kier molecular flexibility index (Phi) is 8.70. The maximum absolute atomic E-state index is 12.9. The quantitative estimate of drug-likeness (QED) is 0.219. The summed E-state index contributed by atoms with van der Waals surface area (Å²) in [6.07, 6.45) is 3.75. The Morgan fingerprint density at radius 2 is 1.83 bits per heavy atom. The number of nitrogens with one attached hydrogen (secondary N) is 2. The summed E-state index contributed by atoms with van der Waals surface area (Å²) >= 11 is 0. The summed E-state index contributed by atoms with van der Waals surface area (Å²) in [7, 11) is 3.63. The van der Waals surface area contributed by atoms with Gasteiger partial charge in [0, 0.05) is 61.5 Å². The van der Waals surface area contributed by atoms with Gasteiger partial charge in [-0.15, -0.1) is 0 Å². The van der Waals surface area contributed by atoms with Crippen LogP contribution in [0.2, 0.25) is 0 Å². The smallest absolute Gasteiger partial charge is 0.328 e. The Morgan fingerprint density at radius 3 is 2.61 bits per heavy atom. The van der Waals surface area contributed by atoms with Gasteiger partial charge in [0.25, 0.3) is 5.91 Å². The van der Waals surface area contributed by atoms with E-state index in [1.807, 2.05) is 55.7 Å². The molecule has 0 bridgehead atoms. The minimum absolute atomic E-state index is 0.0520. The molecule has 1 fully saturated rings. The number of fused-ring (bicyclic) bond motifs is 3. The number of hydrogen-bond donors (Lipinski definition) is 2. The van der Waals surface area contributed by atoms with Crippen molar-refractivity contribution in [3.05, 3.63) is 112 Å². The predicted octanol–water partition coefficient (Wildman–Crippen LogP) is 5.43. The van der Waals surface area contributed by atoms with Gasteiger partial charge in [-0.2, -0.15) is 0 Å². The number of carbonyl (C=O) groups excluding carboxylic acids is 3. The first-order valence-corrected chi connectivity index (χ1v) is 17.8. The fourth-order valence-corrected chi connectivity index (χ4v) is 7.31. The van der Waals surface area contributed by atoms with Gasteiger partial charge in [-0.05, 0) is 76.5 Å². The van der Waals surface area contributed by atoms with Crippen LogP contribution in [0.3, 0.4) is 0 Å². The lowest BCUT2D eigenvalue weighted by Gasteiger charge is -2.31. The number of amides is 4. The molecule has 2 aliphatic heterocycles. The molecule has 1 atom stereocenters. The van der Waals surface area contributed by atoms with E-state index in [1.165, 1.54) is 0 Å². The van der Waals surface area contributed by atoms with Crippen molar-refractivity contribution in [1.82, 2.24) is 34.6 Å². The van der Waals surface area contributed by atoms with Crippen molar-refractivity contribution in [2.45, 2.75) is 32.2 Å². The van der Waals surface area contributed by atoms with Gasteiger partial charge in [0.2, 0.25) is 5.91 Å². The van der Waals surface area contributed by atoms with Gasteiger partial charge in [0.05, 0.1) is 29.3 Å². The van der Waals surface area contributed by atoms with Crippen LogP contribution in [0.15, 0.2) is 83.9 Å². The zero-order valence-electron chi connectivity index (χ0n) is 30.3. The molecule has 8 rings (SSSR count). The highest BCUT2D eigenvalue weighted by atomic mass is 16.5. The second-order valence-electron chi connectivity index (χ2n) is 13.9. The van der Waals surface area contributed by atoms with Crippen molar-refractivity contribution >= 4 is 39.7 Å². The molecule has 6 aromatic rings. The Bertz CT molecular complexity index is 2650. The highest BCUT2D eigenvalue weighted by Crippen LogP contribution is 2.38. The molecule has 0 aliphatic carbocycles. The van der Waals surface area contributed by atoms with E-state index >= 15 is 0 Å². The summed E-state index contributed by atoms with van der Waals surface area (Å²) in [5, 5.41) is 7.15. The van der Waals surface area contributed by atoms with Gasteiger partial charge in [0.15, 0.2) is 0 Å². The van der Waals surface area contributed by atoms with E-state index in [-0.39, 0.29) is 48.1 Å². The number of imide groups is 1. The van der Waals surface area contributed by atoms with E-state index in [2.05, 4.69) is 59.5 Å². The first-order chi connectivity index (χ1) is 26.1. The van der Waals surface area contributed by atoms with Crippen molar-refractivity contribution in [1.29, 1.82) is 0 Å². The number of carbonyl (C=O) groups is 3. The van der Waals surface area contributed by atoms with Crippen molar-refractivity contribution < 1.29 is 19.1 Å². The van der Waals surface area contributed by atoms with Gasteiger partial charge in [0.1, 0.15) is 18.1 Å². The number of urea groups is 1. The summed E-state index contributed by atoms with van der Waals surface area (Å²) in [5.74, 6) is 6.31. The van der Waals surface area contributed by atoms with E-state index in [9.17, 15) is 19.2 Å². The lowest BCUT2D eigenvalue weighted by molar-refractivity contribution is -0.121. The summed E-state index contributed by atoms with van der Waals surface area (Å²) in [4.78, 5) is 60.5. The largest absolute Gasteiger partial charge is 0.491 e. The lowest BCUT2D eigenvalue weighted by Crippen LogP contribution is -2.51. The number of benzene rings is 3. The molecule has 0 saturated carbocycles. The van der Waals surface area contributed by atoms with Crippen LogP contribution in [0.1, 0.15) is 59.4 Å². The Labute approximate surface area is 310 Å². The molecule has 270 valence electrons.